The van der Waals surface area contributed by atoms with Crippen LogP contribution in [0.4, 0.5) is 0 Å². The molecular weight excluding hydrogens is 130 g/mol. The van der Waals surface area contributed by atoms with Gasteiger partial charge in [-0.2, -0.15) is 0 Å². The molecule has 0 amide bonds. The molecule has 0 fully saturated rings. The Labute approximate surface area is 62.2 Å². The van der Waals surface area contributed by atoms with E-state index in [1.807, 2.05) is 0 Å². The van der Waals surface area contributed by atoms with Gasteiger partial charge in [-0.3, -0.25) is 4.79 Å². The molecule has 0 aromatic rings. The Bertz CT molecular complexity index is 83.7. The van der Waals surface area contributed by atoms with Crippen molar-refractivity contribution in [3.63, 3.8) is 0 Å². The summed E-state index contributed by atoms with van der Waals surface area (Å²) in [7, 11) is 0. The van der Waals surface area contributed by atoms with Gasteiger partial charge >= 0.3 is 5.97 Å². The molecule has 0 aliphatic carbocycles. The average molecular weight is 147 g/mol. The predicted molar refractivity (Wildman–Crippen MR) is 41.8 cm³/mol. The van der Waals surface area contributed by atoms with E-state index in [1.165, 1.54) is 6.42 Å². The number of carboxylic acids is 1. The first kappa shape index (κ1) is 12.1. The van der Waals surface area contributed by atoms with Crippen LogP contribution in [-0.4, -0.2) is 17.6 Å². The molecule has 3 N–H and O–H groups in total. The van der Waals surface area contributed by atoms with Crippen LogP contribution in [0.15, 0.2) is 0 Å². The molecule has 0 aliphatic heterocycles. The first-order valence-electron chi connectivity index (χ1n) is 3.52. The fraction of sp³-hybridized carbons (Fsp3) is 0.857. The highest BCUT2D eigenvalue weighted by Gasteiger charge is 2.05. The second-order valence-electron chi connectivity index (χ2n) is 2.18. The highest BCUT2D eigenvalue weighted by molar-refractivity contribution is 5.69. The zero-order chi connectivity index (χ0) is 8.57. The number of rotatable bonds is 2. The highest BCUT2D eigenvalue weighted by Crippen LogP contribution is 1.87. The van der Waals surface area contributed by atoms with Crippen molar-refractivity contribution in [2.24, 2.45) is 11.7 Å². The number of carboxylic acid groups (broad SMARTS) is 1. The van der Waals surface area contributed by atoms with E-state index in [2.05, 4.69) is 13.8 Å². The number of hydrogen-bond donors (Lipinski definition) is 2. The van der Waals surface area contributed by atoms with Gasteiger partial charge in [-0.1, -0.05) is 27.2 Å². The lowest BCUT2D eigenvalue weighted by Gasteiger charge is -1.96. The average Bonchev–Trinajstić information content (AvgIpc) is 1.88. The zero-order valence-corrected chi connectivity index (χ0v) is 6.92. The minimum absolute atomic E-state index is 0.218. The first-order valence-corrected chi connectivity index (χ1v) is 3.52. The van der Waals surface area contributed by atoms with Crippen molar-refractivity contribution in [1.29, 1.82) is 0 Å². The molecule has 0 rings (SSSR count). The maximum atomic E-state index is 9.85. The van der Waals surface area contributed by atoms with Crippen LogP contribution in [0.2, 0.25) is 0 Å². The topological polar surface area (TPSA) is 63.3 Å². The molecule has 0 saturated carbocycles. The van der Waals surface area contributed by atoms with Gasteiger partial charge in [-0.25, -0.2) is 0 Å². The quantitative estimate of drug-likeness (QED) is 0.614. The molecule has 0 saturated heterocycles. The SMILES string of the molecule is CC(CN)C(=O)O.CCC. The van der Waals surface area contributed by atoms with Crippen molar-refractivity contribution >= 4 is 5.97 Å². The lowest BCUT2D eigenvalue weighted by atomic mass is 10.2. The summed E-state index contributed by atoms with van der Waals surface area (Å²) in [5, 5.41) is 8.10. The number of aliphatic carboxylic acids is 1. The first-order chi connectivity index (χ1) is 4.59. The summed E-state index contributed by atoms with van der Waals surface area (Å²) in [6.45, 7) is 6.04. The van der Waals surface area contributed by atoms with E-state index in [1.54, 1.807) is 6.92 Å². The van der Waals surface area contributed by atoms with Crippen molar-refractivity contribution in [2.75, 3.05) is 6.54 Å². The molecule has 0 aromatic carbocycles. The standard InChI is InChI=1S/C4H9NO2.C3H8/c1-3(2-5)4(6)7;1-3-2/h3H,2,5H2,1H3,(H,6,7);3H2,1-2H3. The van der Waals surface area contributed by atoms with Crippen LogP contribution in [0.25, 0.3) is 0 Å². The van der Waals surface area contributed by atoms with Crippen LogP contribution in [0.1, 0.15) is 27.2 Å². The summed E-state index contributed by atoms with van der Waals surface area (Å²) >= 11 is 0. The molecule has 0 bridgehead atoms. The Morgan fingerprint density at radius 1 is 1.60 bits per heavy atom. The normalized spacial score (nSPS) is 11.2. The van der Waals surface area contributed by atoms with Crippen LogP contribution < -0.4 is 5.73 Å². The summed E-state index contributed by atoms with van der Waals surface area (Å²) in [5.74, 6) is -1.23. The van der Waals surface area contributed by atoms with E-state index in [0.29, 0.717) is 0 Å². The molecule has 62 valence electrons. The van der Waals surface area contributed by atoms with Gasteiger partial charge in [0, 0.05) is 6.54 Å². The lowest BCUT2D eigenvalue weighted by molar-refractivity contribution is -0.140. The van der Waals surface area contributed by atoms with Crippen LogP contribution in [0.3, 0.4) is 0 Å². The maximum Gasteiger partial charge on any atom is 0.307 e. The fourth-order valence-electron chi connectivity index (χ4n) is 0.101. The minimum Gasteiger partial charge on any atom is -0.481 e. The van der Waals surface area contributed by atoms with Crippen molar-refractivity contribution in [2.45, 2.75) is 27.2 Å². The molecule has 0 heterocycles. The number of carbonyl (C=O) groups is 1. The molecule has 0 aromatic heterocycles. The van der Waals surface area contributed by atoms with E-state index in [-0.39, 0.29) is 6.54 Å². The molecule has 3 heteroatoms. The number of hydrogen-bond acceptors (Lipinski definition) is 2. The molecule has 1 unspecified atom stereocenters. The van der Waals surface area contributed by atoms with E-state index in [0.717, 1.165) is 0 Å². The van der Waals surface area contributed by atoms with Crippen LogP contribution in [0.5, 0.6) is 0 Å². The second kappa shape index (κ2) is 8.43. The summed E-state index contributed by atoms with van der Waals surface area (Å²) in [4.78, 5) is 9.85. The van der Waals surface area contributed by atoms with E-state index in [9.17, 15) is 4.79 Å². The van der Waals surface area contributed by atoms with Gasteiger partial charge in [0.2, 0.25) is 0 Å². The largest absolute Gasteiger partial charge is 0.481 e. The summed E-state index contributed by atoms with van der Waals surface area (Å²) in [6.07, 6.45) is 1.25. The third-order valence-corrected chi connectivity index (χ3v) is 0.775. The van der Waals surface area contributed by atoms with Crippen LogP contribution in [-0.2, 0) is 4.79 Å². The van der Waals surface area contributed by atoms with E-state index >= 15 is 0 Å². The van der Waals surface area contributed by atoms with Gasteiger partial charge in [-0.05, 0) is 0 Å². The van der Waals surface area contributed by atoms with Crippen molar-refractivity contribution in [3.8, 4) is 0 Å². The minimum atomic E-state index is -0.831. The predicted octanol–water partition coefficient (Wildman–Crippen LogP) is 1.08. The maximum absolute atomic E-state index is 9.85. The summed E-state index contributed by atoms with van der Waals surface area (Å²) < 4.78 is 0. The van der Waals surface area contributed by atoms with Gasteiger partial charge < -0.3 is 10.8 Å². The van der Waals surface area contributed by atoms with Gasteiger partial charge in [0.1, 0.15) is 0 Å². The zero-order valence-electron chi connectivity index (χ0n) is 6.92. The Hall–Kier alpha value is -0.570. The van der Waals surface area contributed by atoms with Gasteiger partial charge in [-0.15, -0.1) is 0 Å². The van der Waals surface area contributed by atoms with Gasteiger partial charge in [0.15, 0.2) is 0 Å². The van der Waals surface area contributed by atoms with Crippen molar-refractivity contribution in [3.05, 3.63) is 0 Å². The summed E-state index contributed by atoms with van der Waals surface area (Å²) in [5.41, 5.74) is 4.99. The number of nitrogens with two attached hydrogens (primary N) is 1. The van der Waals surface area contributed by atoms with E-state index in [4.69, 9.17) is 10.8 Å². The highest BCUT2D eigenvalue weighted by atomic mass is 16.4. The Morgan fingerprint density at radius 2 is 1.90 bits per heavy atom. The Kier molecular flexibility index (Phi) is 10.2. The van der Waals surface area contributed by atoms with Gasteiger partial charge in [0.05, 0.1) is 5.92 Å². The molecule has 0 radical (unpaired) electrons. The fourth-order valence-corrected chi connectivity index (χ4v) is 0.101. The van der Waals surface area contributed by atoms with E-state index < -0.39 is 11.9 Å². The molecule has 0 spiro atoms. The van der Waals surface area contributed by atoms with Crippen LogP contribution >= 0.6 is 0 Å². The summed E-state index contributed by atoms with van der Waals surface area (Å²) in [6, 6.07) is 0. The Morgan fingerprint density at radius 3 is 1.90 bits per heavy atom. The third kappa shape index (κ3) is 10.4. The lowest BCUT2D eigenvalue weighted by Crippen LogP contribution is -2.19. The Balaban J connectivity index is 0. The smallest absolute Gasteiger partial charge is 0.307 e. The van der Waals surface area contributed by atoms with Crippen molar-refractivity contribution < 1.29 is 9.90 Å². The van der Waals surface area contributed by atoms with Gasteiger partial charge in [0.25, 0.3) is 0 Å². The molecule has 3 nitrogen and oxygen atoms in total. The monoisotopic (exact) mass is 147 g/mol. The third-order valence-electron chi connectivity index (χ3n) is 0.775. The van der Waals surface area contributed by atoms with Crippen LogP contribution in [0, 0.1) is 5.92 Å². The van der Waals surface area contributed by atoms with Crippen molar-refractivity contribution in [1.82, 2.24) is 0 Å². The molecule has 1 atom stereocenters. The molecular formula is C7H17NO2. The second-order valence-corrected chi connectivity index (χ2v) is 2.18. The molecule has 10 heavy (non-hydrogen) atoms. The molecule has 0 aliphatic rings.